The van der Waals surface area contributed by atoms with Crippen LogP contribution in [-0.2, 0) is 0 Å². The van der Waals surface area contributed by atoms with Crippen molar-refractivity contribution in [2.45, 2.75) is 6.92 Å². The first-order valence-corrected chi connectivity index (χ1v) is 3.69. The Morgan fingerprint density at radius 1 is 1.67 bits per heavy atom. The zero-order valence-corrected chi connectivity index (χ0v) is 8.63. The lowest BCUT2D eigenvalue weighted by Gasteiger charge is -1.99. The minimum atomic E-state index is 0. The Balaban J connectivity index is 0.00000121. The van der Waals surface area contributed by atoms with Gasteiger partial charge in [0.15, 0.2) is 0 Å². The molecule has 6 heteroatoms. The van der Waals surface area contributed by atoms with Crippen molar-refractivity contribution in [3.05, 3.63) is 22.7 Å². The maximum Gasteiger partial charge on any atom is 0.142 e. The SMILES string of the molecule is Cc1ncc(C(N)=S)c(Cl)n1.Cl. The molecule has 1 rings (SSSR count). The summed E-state index contributed by atoms with van der Waals surface area (Å²) in [6, 6.07) is 0. The number of aromatic nitrogens is 2. The number of thiocarbonyl (C=S) groups is 1. The Kier molecular flexibility index (Phi) is 4.37. The molecule has 0 unspecified atom stereocenters. The van der Waals surface area contributed by atoms with E-state index in [0.717, 1.165) is 0 Å². The molecule has 1 aromatic heterocycles. The second-order valence-electron chi connectivity index (χ2n) is 1.99. The van der Waals surface area contributed by atoms with Gasteiger partial charge in [0.05, 0.1) is 5.56 Å². The van der Waals surface area contributed by atoms with Gasteiger partial charge < -0.3 is 5.73 Å². The molecule has 12 heavy (non-hydrogen) atoms. The van der Waals surface area contributed by atoms with E-state index in [2.05, 4.69) is 9.97 Å². The maximum absolute atomic E-state index is 5.71. The summed E-state index contributed by atoms with van der Waals surface area (Å²) in [5.41, 5.74) is 5.85. The van der Waals surface area contributed by atoms with Crippen molar-refractivity contribution in [2.75, 3.05) is 0 Å². The monoisotopic (exact) mass is 223 g/mol. The molecule has 0 radical (unpaired) electrons. The van der Waals surface area contributed by atoms with Gasteiger partial charge in [0.2, 0.25) is 0 Å². The highest BCUT2D eigenvalue weighted by Crippen LogP contribution is 2.10. The number of rotatable bonds is 1. The summed E-state index contributed by atoms with van der Waals surface area (Å²) in [7, 11) is 0. The van der Waals surface area contributed by atoms with Gasteiger partial charge in [0.25, 0.3) is 0 Å². The average Bonchev–Trinajstić information content (AvgIpc) is 1.85. The van der Waals surface area contributed by atoms with Gasteiger partial charge in [0.1, 0.15) is 16.0 Å². The predicted molar refractivity (Wildman–Crippen MR) is 54.9 cm³/mol. The van der Waals surface area contributed by atoms with Crippen LogP contribution in [0.15, 0.2) is 6.20 Å². The van der Waals surface area contributed by atoms with Crippen molar-refractivity contribution in [2.24, 2.45) is 5.73 Å². The first-order valence-electron chi connectivity index (χ1n) is 2.90. The lowest BCUT2D eigenvalue weighted by Crippen LogP contribution is -2.11. The summed E-state index contributed by atoms with van der Waals surface area (Å²) in [6.45, 7) is 1.75. The van der Waals surface area contributed by atoms with E-state index >= 15 is 0 Å². The predicted octanol–water partition coefficient (Wildman–Crippen LogP) is 1.49. The number of nitrogens with two attached hydrogens (primary N) is 1. The number of aryl methyl sites for hydroxylation is 1. The average molecular weight is 224 g/mol. The van der Waals surface area contributed by atoms with Crippen LogP contribution in [0.3, 0.4) is 0 Å². The highest BCUT2D eigenvalue weighted by molar-refractivity contribution is 7.80. The third kappa shape index (κ3) is 2.55. The fraction of sp³-hybridized carbons (Fsp3) is 0.167. The lowest BCUT2D eigenvalue weighted by molar-refractivity contribution is 1.05. The van der Waals surface area contributed by atoms with Crippen LogP contribution in [0.2, 0.25) is 5.15 Å². The molecule has 0 atom stereocenters. The Hall–Kier alpha value is -0.450. The van der Waals surface area contributed by atoms with Crippen LogP contribution in [0.5, 0.6) is 0 Å². The van der Waals surface area contributed by atoms with Gasteiger partial charge in [0, 0.05) is 6.20 Å². The normalized spacial score (nSPS) is 8.83. The second kappa shape index (κ2) is 4.54. The summed E-state index contributed by atoms with van der Waals surface area (Å²) < 4.78 is 0. The minimum absolute atomic E-state index is 0. The fourth-order valence-electron chi connectivity index (χ4n) is 0.608. The summed E-state index contributed by atoms with van der Waals surface area (Å²) in [4.78, 5) is 8.00. The van der Waals surface area contributed by atoms with E-state index in [1.165, 1.54) is 6.20 Å². The topological polar surface area (TPSA) is 51.8 Å². The molecule has 0 aliphatic heterocycles. The second-order valence-corrected chi connectivity index (χ2v) is 2.78. The molecule has 1 heterocycles. The zero-order valence-electron chi connectivity index (χ0n) is 6.24. The highest BCUT2D eigenvalue weighted by Gasteiger charge is 2.04. The van der Waals surface area contributed by atoms with Gasteiger partial charge >= 0.3 is 0 Å². The zero-order chi connectivity index (χ0) is 8.43. The van der Waals surface area contributed by atoms with Gasteiger partial charge in [-0.15, -0.1) is 12.4 Å². The van der Waals surface area contributed by atoms with Gasteiger partial charge in [-0.1, -0.05) is 23.8 Å². The van der Waals surface area contributed by atoms with Crippen LogP contribution in [-0.4, -0.2) is 15.0 Å². The molecular weight excluding hydrogens is 217 g/mol. The van der Waals surface area contributed by atoms with Crippen molar-refractivity contribution in [3.63, 3.8) is 0 Å². The molecule has 0 aliphatic rings. The molecule has 0 bridgehead atoms. The Morgan fingerprint density at radius 2 is 2.25 bits per heavy atom. The quantitative estimate of drug-likeness (QED) is 0.580. The van der Waals surface area contributed by atoms with E-state index in [1.807, 2.05) is 0 Å². The number of hydrogen-bond acceptors (Lipinski definition) is 3. The summed E-state index contributed by atoms with van der Waals surface area (Å²) in [5.74, 6) is 0.606. The number of nitrogens with zero attached hydrogens (tertiary/aromatic N) is 2. The van der Waals surface area contributed by atoms with Crippen molar-refractivity contribution in [1.29, 1.82) is 0 Å². The number of halogens is 2. The van der Waals surface area contributed by atoms with Crippen molar-refractivity contribution < 1.29 is 0 Å². The molecule has 0 amide bonds. The Morgan fingerprint density at radius 3 is 2.67 bits per heavy atom. The van der Waals surface area contributed by atoms with Crippen molar-refractivity contribution in [3.8, 4) is 0 Å². The Labute approximate surface area is 86.8 Å². The largest absolute Gasteiger partial charge is 0.389 e. The van der Waals surface area contributed by atoms with Crippen LogP contribution < -0.4 is 5.73 Å². The van der Waals surface area contributed by atoms with E-state index in [9.17, 15) is 0 Å². The highest BCUT2D eigenvalue weighted by atomic mass is 35.5. The van der Waals surface area contributed by atoms with Gasteiger partial charge in [-0.2, -0.15) is 0 Å². The molecule has 3 nitrogen and oxygen atoms in total. The van der Waals surface area contributed by atoms with Gasteiger partial charge in [-0.05, 0) is 6.92 Å². The summed E-state index contributed by atoms with van der Waals surface area (Å²) in [6.07, 6.45) is 1.52. The van der Waals surface area contributed by atoms with Crippen LogP contribution in [0.4, 0.5) is 0 Å². The molecule has 0 spiro atoms. The summed E-state index contributed by atoms with van der Waals surface area (Å²) in [5, 5.41) is 0.310. The molecule has 0 fully saturated rings. The fourth-order valence-corrected chi connectivity index (χ4v) is 1.09. The standard InChI is InChI=1S/C6H6ClN3S.ClH/c1-3-9-2-4(6(8)11)5(7)10-3;/h2H,1H3,(H2,8,11);1H. The maximum atomic E-state index is 5.71. The van der Waals surface area contributed by atoms with Crippen LogP contribution >= 0.6 is 36.2 Å². The van der Waals surface area contributed by atoms with E-state index in [1.54, 1.807) is 6.92 Å². The molecular formula is C6H7Cl2N3S. The molecule has 0 saturated carbocycles. The van der Waals surface area contributed by atoms with Crippen molar-refractivity contribution >= 4 is 41.2 Å². The molecule has 0 saturated heterocycles. The van der Waals surface area contributed by atoms with Gasteiger partial charge in [-0.3, -0.25) is 0 Å². The van der Waals surface area contributed by atoms with Crippen molar-refractivity contribution in [1.82, 2.24) is 9.97 Å². The molecule has 1 aromatic rings. The van der Waals surface area contributed by atoms with Gasteiger partial charge in [-0.25, -0.2) is 9.97 Å². The third-order valence-electron chi connectivity index (χ3n) is 1.13. The molecule has 2 N–H and O–H groups in total. The summed E-state index contributed by atoms with van der Waals surface area (Å²) >= 11 is 10.4. The van der Waals surface area contributed by atoms with E-state index in [-0.39, 0.29) is 17.4 Å². The number of hydrogen-bond donors (Lipinski definition) is 1. The molecule has 0 aromatic carbocycles. The minimum Gasteiger partial charge on any atom is -0.389 e. The molecule has 0 aliphatic carbocycles. The Bertz CT molecular complexity index is 303. The molecule has 66 valence electrons. The van der Waals surface area contributed by atoms with Crippen LogP contribution in [0.25, 0.3) is 0 Å². The third-order valence-corrected chi connectivity index (χ3v) is 1.64. The van der Waals surface area contributed by atoms with E-state index < -0.39 is 0 Å². The first kappa shape index (κ1) is 11.5. The van der Waals surface area contributed by atoms with E-state index in [4.69, 9.17) is 29.6 Å². The first-order chi connectivity index (χ1) is 5.11. The lowest BCUT2D eigenvalue weighted by atomic mass is 10.3. The smallest absolute Gasteiger partial charge is 0.142 e. The van der Waals surface area contributed by atoms with E-state index in [0.29, 0.717) is 16.5 Å². The van der Waals surface area contributed by atoms with Crippen LogP contribution in [0, 0.1) is 6.92 Å². The van der Waals surface area contributed by atoms with Crippen LogP contribution in [0.1, 0.15) is 11.4 Å².